The number of halogens is 12. The Labute approximate surface area is 263 Å². The molecule has 2 atom stereocenters. The summed E-state index contributed by atoms with van der Waals surface area (Å²) in [5.41, 5.74) is -3.20. The summed E-state index contributed by atoms with van der Waals surface area (Å²) in [4.78, 5) is 37.5. The van der Waals surface area contributed by atoms with Crippen molar-refractivity contribution in [3.8, 4) is 0 Å². The number of hydrogen-bond acceptors (Lipinski definition) is 3. The first kappa shape index (κ1) is 34.6. The molecule has 0 unspecified atom stereocenters. The number of carbonyl (C=O) groups is 3. The molecule has 0 spiro atoms. The molecule has 1 aliphatic rings. The van der Waals surface area contributed by atoms with Crippen molar-refractivity contribution in [1.82, 2.24) is 0 Å². The number of carbonyl (C=O) groups excluding carboxylic acids is 3. The number of alkyl halides is 8. The summed E-state index contributed by atoms with van der Waals surface area (Å²) in [5, 5.41) is 2.28. The molecular formula is C29H17Cl3F9NO3. The molecule has 1 saturated carbocycles. The fourth-order valence-electron chi connectivity index (χ4n) is 4.74. The maximum atomic E-state index is 14.5. The molecule has 0 radical (unpaired) electrons. The largest absolute Gasteiger partial charge is 0.450 e. The van der Waals surface area contributed by atoms with Crippen LogP contribution in [-0.2, 0) is 28.6 Å². The third kappa shape index (κ3) is 7.25. The fraction of sp³-hybridized carbons (Fsp3) is 0.276. The highest BCUT2D eigenvalue weighted by Crippen LogP contribution is 2.65. The Morgan fingerprint density at radius 2 is 1.44 bits per heavy atom. The Balaban J connectivity index is 1.56. The molecule has 1 aliphatic carbocycles. The molecule has 0 aromatic heterocycles. The van der Waals surface area contributed by atoms with Crippen LogP contribution in [0.3, 0.4) is 0 Å². The maximum Gasteiger partial charge on any atom is 0.450 e. The predicted molar refractivity (Wildman–Crippen MR) is 146 cm³/mol. The monoisotopic (exact) mass is 703 g/mol. The van der Waals surface area contributed by atoms with E-state index >= 15 is 0 Å². The third-order valence-corrected chi connectivity index (χ3v) is 8.49. The first-order chi connectivity index (χ1) is 20.6. The van der Waals surface area contributed by atoms with E-state index in [0.717, 1.165) is 12.1 Å². The second-order valence-corrected chi connectivity index (χ2v) is 12.1. The van der Waals surface area contributed by atoms with Crippen molar-refractivity contribution in [2.24, 2.45) is 5.92 Å². The van der Waals surface area contributed by atoms with Crippen LogP contribution in [0.25, 0.3) is 0 Å². The number of aryl methyl sites for hydroxylation is 1. The molecule has 16 heteroatoms. The summed E-state index contributed by atoms with van der Waals surface area (Å²) in [6, 6.07) is 5.31. The molecule has 1 fully saturated rings. The lowest BCUT2D eigenvalue weighted by Crippen LogP contribution is -2.25. The molecule has 0 bridgehead atoms. The van der Waals surface area contributed by atoms with E-state index < -0.39 is 93.0 Å². The molecule has 0 heterocycles. The molecular weight excluding hydrogens is 688 g/mol. The Kier molecular flexibility index (Phi) is 9.33. The van der Waals surface area contributed by atoms with Crippen LogP contribution in [-0.4, -0.2) is 28.0 Å². The minimum Gasteiger partial charge on any atom is -0.326 e. The summed E-state index contributed by atoms with van der Waals surface area (Å²) < 4.78 is 118. The van der Waals surface area contributed by atoms with Gasteiger partial charge in [-0.05, 0) is 59.5 Å². The highest BCUT2D eigenvalue weighted by molar-refractivity contribution is 6.53. The Hall–Kier alpha value is -3.29. The average molecular weight is 705 g/mol. The van der Waals surface area contributed by atoms with Gasteiger partial charge in [0.1, 0.15) is 21.8 Å². The Morgan fingerprint density at radius 3 is 2.02 bits per heavy atom. The standard InChI is InChI=1S/C29H17Cl3F9NO3/c1-11-4-15(42-26(45)24-23(27(24,31)32)12-2-3-18(33)17(6-12)28(36,37)38)9-16(25(11)30)21(43)7-13-5-14(20(35)10-19(13)34)8-22(44)29(39,40)41/h2-6,9-10,23-24H,7-8H2,1H3,(H,42,45)/t23-,24+/m0/s1. The smallest absolute Gasteiger partial charge is 0.326 e. The summed E-state index contributed by atoms with van der Waals surface area (Å²) in [6.45, 7) is 1.43. The maximum absolute atomic E-state index is 14.5. The third-order valence-electron chi connectivity index (χ3n) is 7.05. The summed E-state index contributed by atoms with van der Waals surface area (Å²) >= 11 is 18.7. The van der Waals surface area contributed by atoms with Crippen LogP contribution in [0.1, 0.15) is 44.1 Å². The lowest BCUT2D eigenvalue weighted by atomic mass is 9.97. The number of amides is 1. The number of benzene rings is 3. The first-order valence-electron chi connectivity index (χ1n) is 12.6. The van der Waals surface area contributed by atoms with Crippen molar-refractivity contribution in [1.29, 1.82) is 0 Å². The van der Waals surface area contributed by atoms with Gasteiger partial charge in [-0.25, -0.2) is 13.2 Å². The van der Waals surface area contributed by atoms with Crippen molar-refractivity contribution in [3.63, 3.8) is 0 Å². The number of Topliss-reactive ketones (excluding diaryl/α,β-unsaturated/α-hetero) is 2. The summed E-state index contributed by atoms with van der Waals surface area (Å²) in [5.74, 6) is -10.8. The van der Waals surface area contributed by atoms with Crippen molar-refractivity contribution in [3.05, 3.63) is 98.3 Å². The number of anilines is 1. The zero-order chi connectivity index (χ0) is 33.8. The van der Waals surface area contributed by atoms with E-state index in [9.17, 15) is 53.9 Å². The van der Waals surface area contributed by atoms with Crippen LogP contribution in [0.4, 0.5) is 45.2 Å². The molecule has 3 aromatic rings. The first-order valence-corrected chi connectivity index (χ1v) is 13.7. The molecule has 0 saturated heterocycles. The quantitative estimate of drug-likeness (QED) is 0.145. The van der Waals surface area contributed by atoms with Crippen LogP contribution in [0.15, 0.2) is 42.5 Å². The normalized spacial score (nSPS) is 17.6. The minimum absolute atomic E-state index is 0.0637. The number of rotatable bonds is 8. The van der Waals surface area contributed by atoms with E-state index in [2.05, 4.69) is 5.32 Å². The van der Waals surface area contributed by atoms with Crippen LogP contribution in [0.2, 0.25) is 5.02 Å². The minimum atomic E-state index is -5.27. The molecule has 240 valence electrons. The van der Waals surface area contributed by atoms with E-state index in [0.29, 0.717) is 18.2 Å². The van der Waals surface area contributed by atoms with E-state index in [-0.39, 0.29) is 33.5 Å². The number of nitrogens with one attached hydrogen (secondary N) is 1. The molecule has 4 nitrogen and oxygen atoms in total. The highest BCUT2D eigenvalue weighted by Gasteiger charge is 2.67. The molecule has 0 aliphatic heterocycles. The number of ketones is 2. The van der Waals surface area contributed by atoms with Crippen LogP contribution < -0.4 is 5.32 Å². The lowest BCUT2D eigenvalue weighted by Gasteiger charge is -2.13. The zero-order valence-electron chi connectivity index (χ0n) is 22.4. The second-order valence-electron chi connectivity index (χ2n) is 10.2. The molecule has 4 rings (SSSR count). The van der Waals surface area contributed by atoms with Gasteiger partial charge in [-0.2, -0.15) is 26.3 Å². The summed E-state index contributed by atoms with van der Waals surface area (Å²) in [6.07, 6.45) is -12.6. The van der Waals surface area contributed by atoms with Crippen LogP contribution in [0, 0.1) is 30.3 Å². The van der Waals surface area contributed by atoms with Crippen molar-refractivity contribution >= 4 is 58.0 Å². The lowest BCUT2D eigenvalue weighted by molar-refractivity contribution is -0.170. The van der Waals surface area contributed by atoms with Crippen molar-refractivity contribution < 1.29 is 53.9 Å². The SMILES string of the molecule is Cc1cc(NC(=O)[C@H]2[C@H](c3ccc(F)c(C(F)(F)F)c3)C2(Cl)Cl)cc(C(=O)Cc2cc(CC(=O)C(F)(F)F)c(F)cc2F)c1Cl. The van der Waals surface area contributed by atoms with Gasteiger partial charge in [0.2, 0.25) is 11.7 Å². The van der Waals surface area contributed by atoms with Crippen LogP contribution in [0.5, 0.6) is 0 Å². The van der Waals surface area contributed by atoms with E-state index in [1.807, 2.05) is 0 Å². The summed E-state index contributed by atoms with van der Waals surface area (Å²) in [7, 11) is 0. The van der Waals surface area contributed by atoms with Gasteiger partial charge in [-0.1, -0.05) is 17.7 Å². The Morgan fingerprint density at radius 1 is 0.844 bits per heavy atom. The molecule has 45 heavy (non-hydrogen) atoms. The van der Waals surface area contributed by atoms with Gasteiger partial charge in [0.05, 0.1) is 16.5 Å². The molecule has 1 amide bonds. The topological polar surface area (TPSA) is 63.2 Å². The van der Waals surface area contributed by atoms with Crippen molar-refractivity contribution in [2.75, 3.05) is 5.32 Å². The fourth-order valence-corrected chi connectivity index (χ4v) is 5.79. The van der Waals surface area contributed by atoms with E-state index in [1.54, 1.807) is 0 Å². The highest BCUT2D eigenvalue weighted by atomic mass is 35.5. The number of hydrogen-bond donors (Lipinski definition) is 1. The van der Waals surface area contributed by atoms with Gasteiger partial charge in [-0.3, -0.25) is 14.4 Å². The van der Waals surface area contributed by atoms with E-state index in [1.165, 1.54) is 13.0 Å². The van der Waals surface area contributed by atoms with Gasteiger partial charge in [0, 0.05) is 36.1 Å². The van der Waals surface area contributed by atoms with Gasteiger partial charge < -0.3 is 5.32 Å². The van der Waals surface area contributed by atoms with E-state index in [4.69, 9.17) is 34.8 Å². The predicted octanol–water partition coefficient (Wildman–Crippen LogP) is 8.71. The Bertz CT molecular complexity index is 1720. The molecule has 3 aromatic carbocycles. The second kappa shape index (κ2) is 12.1. The van der Waals surface area contributed by atoms with Gasteiger partial charge in [0.25, 0.3) is 0 Å². The van der Waals surface area contributed by atoms with Gasteiger partial charge in [0.15, 0.2) is 5.78 Å². The van der Waals surface area contributed by atoms with Gasteiger partial charge >= 0.3 is 12.4 Å². The van der Waals surface area contributed by atoms with Crippen molar-refractivity contribution in [2.45, 2.75) is 42.4 Å². The van der Waals surface area contributed by atoms with Crippen LogP contribution >= 0.6 is 34.8 Å². The average Bonchev–Trinajstić information content (AvgIpc) is 3.49. The molecule has 1 N–H and O–H groups in total. The van der Waals surface area contributed by atoms with Gasteiger partial charge in [-0.15, -0.1) is 23.2 Å². The zero-order valence-corrected chi connectivity index (χ0v) is 24.6.